The maximum absolute atomic E-state index is 11.9. The first-order chi connectivity index (χ1) is 10.1. The van der Waals surface area contributed by atoms with Gasteiger partial charge in [-0.05, 0) is 18.3 Å². The third kappa shape index (κ3) is 3.40. The summed E-state index contributed by atoms with van der Waals surface area (Å²) in [5.41, 5.74) is -0.144. The number of hydrogen-bond acceptors (Lipinski definition) is 4. The molecule has 2 aliphatic carbocycles. The number of nitrogens with one attached hydrogen (secondary N) is 1. The van der Waals surface area contributed by atoms with Gasteiger partial charge in [-0.2, -0.15) is 0 Å². The molecule has 7 heteroatoms. The Bertz CT molecular complexity index is 536. The first kappa shape index (κ1) is 14.0. The minimum Gasteiger partial charge on any atom is -0.476 e. The van der Waals surface area contributed by atoms with Gasteiger partial charge in [-0.3, -0.25) is 4.79 Å². The Kier molecular flexibility index (Phi) is 3.90. The summed E-state index contributed by atoms with van der Waals surface area (Å²) in [5.74, 6) is 0.148. The van der Waals surface area contributed by atoms with E-state index in [1.54, 1.807) is 0 Å². The van der Waals surface area contributed by atoms with Gasteiger partial charge in [0, 0.05) is 6.04 Å². The third-order valence-electron chi connectivity index (χ3n) is 4.50. The Balaban J connectivity index is 1.45. The molecule has 114 valence electrons. The van der Waals surface area contributed by atoms with Gasteiger partial charge >= 0.3 is 5.97 Å². The molecule has 2 fully saturated rings. The topological polar surface area (TPSA) is 97.1 Å². The highest BCUT2D eigenvalue weighted by Gasteiger charge is 2.43. The second-order valence-corrected chi connectivity index (χ2v) is 6.08. The lowest BCUT2D eigenvalue weighted by molar-refractivity contribution is -0.122. The molecule has 3 rings (SSSR count). The largest absolute Gasteiger partial charge is 0.476 e. The van der Waals surface area contributed by atoms with E-state index in [-0.39, 0.29) is 18.1 Å². The average Bonchev–Trinajstić information content (AvgIpc) is 3.06. The van der Waals surface area contributed by atoms with Gasteiger partial charge in [0.05, 0.1) is 6.20 Å². The summed E-state index contributed by atoms with van der Waals surface area (Å²) in [6, 6.07) is 0.295. The molecule has 0 bridgehead atoms. The van der Waals surface area contributed by atoms with Crippen molar-refractivity contribution in [1.29, 1.82) is 0 Å². The Hall–Kier alpha value is -1.92. The summed E-state index contributed by atoms with van der Waals surface area (Å²) < 4.78 is 1.26. The van der Waals surface area contributed by atoms with Gasteiger partial charge in [-0.15, -0.1) is 5.10 Å². The molecule has 2 N–H and O–H groups in total. The van der Waals surface area contributed by atoms with Crippen LogP contribution in [-0.2, 0) is 11.3 Å². The van der Waals surface area contributed by atoms with Crippen LogP contribution in [0.1, 0.15) is 49.0 Å². The fourth-order valence-corrected chi connectivity index (χ4v) is 3.34. The zero-order valence-corrected chi connectivity index (χ0v) is 11.9. The third-order valence-corrected chi connectivity index (χ3v) is 4.50. The van der Waals surface area contributed by atoms with Crippen LogP contribution in [0.3, 0.4) is 0 Å². The molecule has 2 saturated carbocycles. The smallest absolute Gasteiger partial charge is 0.358 e. The molecule has 2 unspecified atom stereocenters. The molecule has 0 saturated heterocycles. The standard InChI is InChI=1S/C14H20N4O3/c19-13(8-18-7-12(14(20)21)16-17-18)15-11-6-10(11)9-4-2-1-3-5-9/h7,9-11H,1-6,8H2,(H,15,19)(H,20,21). The van der Waals surface area contributed by atoms with Crippen molar-refractivity contribution in [2.24, 2.45) is 11.8 Å². The highest BCUT2D eigenvalue weighted by Crippen LogP contribution is 2.44. The Morgan fingerprint density at radius 2 is 2.10 bits per heavy atom. The van der Waals surface area contributed by atoms with Crippen molar-refractivity contribution in [3.8, 4) is 0 Å². The van der Waals surface area contributed by atoms with Crippen molar-refractivity contribution >= 4 is 11.9 Å². The van der Waals surface area contributed by atoms with Gasteiger partial charge < -0.3 is 10.4 Å². The minimum absolute atomic E-state index is 0.0220. The highest BCUT2D eigenvalue weighted by atomic mass is 16.4. The first-order valence-electron chi connectivity index (χ1n) is 7.56. The van der Waals surface area contributed by atoms with Crippen LogP contribution in [0, 0.1) is 11.8 Å². The van der Waals surface area contributed by atoms with Crippen molar-refractivity contribution in [2.75, 3.05) is 0 Å². The van der Waals surface area contributed by atoms with Crippen LogP contribution >= 0.6 is 0 Å². The maximum atomic E-state index is 11.9. The summed E-state index contributed by atoms with van der Waals surface area (Å²) in [7, 11) is 0. The lowest BCUT2D eigenvalue weighted by Crippen LogP contribution is -2.31. The van der Waals surface area contributed by atoms with E-state index in [4.69, 9.17) is 5.11 Å². The number of nitrogens with zero attached hydrogens (tertiary/aromatic N) is 3. The van der Waals surface area contributed by atoms with Crippen molar-refractivity contribution < 1.29 is 14.7 Å². The SMILES string of the molecule is O=C(Cn1cc(C(=O)O)nn1)NC1CC1C1CCCCC1. The Labute approximate surface area is 122 Å². The van der Waals surface area contributed by atoms with E-state index in [2.05, 4.69) is 15.6 Å². The lowest BCUT2D eigenvalue weighted by atomic mass is 9.85. The number of hydrogen-bond donors (Lipinski definition) is 2. The zero-order chi connectivity index (χ0) is 14.8. The molecule has 0 aromatic carbocycles. The number of amides is 1. The van der Waals surface area contributed by atoms with Crippen molar-refractivity contribution in [3.63, 3.8) is 0 Å². The number of carbonyl (C=O) groups excluding carboxylic acids is 1. The van der Waals surface area contributed by atoms with Crippen LogP contribution in [0.25, 0.3) is 0 Å². The van der Waals surface area contributed by atoms with Gasteiger partial charge in [0.25, 0.3) is 0 Å². The van der Waals surface area contributed by atoms with Crippen LogP contribution in [-0.4, -0.2) is 38.0 Å². The van der Waals surface area contributed by atoms with E-state index in [9.17, 15) is 9.59 Å². The summed E-state index contributed by atoms with van der Waals surface area (Å²) in [6.07, 6.45) is 8.92. The molecule has 1 amide bonds. The maximum Gasteiger partial charge on any atom is 0.358 e. The van der Waals surface area contributed by atoms with Gasteiger partial charge in [-0.25, -0.2) is 9.48 Å². The number of rotatable bonds is 5. The summed E-state index contributed by atoms with van der Waals surface area (Å²) in [5, 5.41) is 18.9. The molecule has 21 heavy (non-hydrogen) atoms. The second-order valence-electron chi connectivity index (χ2n) is 6.08. The molecule has 0 radical (unpaired) electrons. The fourth-order valence-electron chi connectivity index (χ4n) is 3.34. The van der Waals surface area contributed by atoms with Gasteiger partial charge in [-0.1, -0.05) is 37.3 Å². The van der Waals surface area contributed by atoms with E-state index in [1.807, 2.05) is 0 Å². The minimum atomic E-state index is -1.14. The quantitative estimate of drug-likeness (QED) is 0.845. The van der Waals surface area contributed by atoms with Crippen LogP contribution in [0.5, 0.6) is 0 Å². The average molecular weight is 292 g/mol. The molecule has 0 spiro atoms. The normalized spacial score (nSPS) is 25.5. The van der Waals surface area contributed by atoms with Gasteiger partial charge in [0.1, 0.15) is 6.54 Å². The van der Waals surface area contributed by atoms with E-state index in [0.29, 0.717) is 12.0 Å². The predicted octanol–water partition coefficient (Wildman–Crippen LogP) is 1.06. The molecule has 0 aliphatic heterocycles. The molecule has 1 aromatic rings. The van der Waals surface area contributed by atoms with Crippen molar-refractivity contribution in [2.45, 2.75) is 51.1 Å². The molecule has 7 nitrogen and oxygen atoms in total. The molecule has 2 atom stereocenters. The van der Waals surface area contributed by atoms with Crippen molar-refractivity contribution in [3.05, 3.63) is 11.9 Å². The number of carbonyl (C=O) groups is 2. The number of aromatic nitrogens is 3. The first-order valence-corrected chi connectivity index (χ1v) is 7.56. The van der Waals surface area contributed by atoms with E-state index < -0.39 is 5.97 Å². The van der Waals surface area contributed by atoms with E-state index >= 15 is 0 Å². The molecular formula is C14H20N4O3. The predicted molar refractivity (Wildman–Crippen MR) is 73.6 cm³/mol. The van der Waals surface area contributed by atoms with E-state index in [0.717, 1.165) is 12.3 Å². The molecule has 2 aliphatic rings. The van der Waals surface area contributed by atoms with Gasteiger partial charge in [0.15, 0.2) is 5.69 Å². The van der Waals surface area contributed by atoms with Crippen LogP contribution in [0.4, 0.5) is 0 Å². The Morgan fingerprint density at radius 3 is 2.76 bits per heavy atom. The molecule has 1 aromatic heterocycles. The fraction of sp³-hybridized carbons (Fsp3) is 0.714. The Morgan fingerprint density at radius 1 is 1.33 bits per heavy atom. The summed E-state index contributed by atoms with van der Waals surface area (Å²) >= 11 is 0. The number of carboxylic acid groups (broad SMARTS) is 1. The highest BCUT2D eigenvalue weighted by molar-refractivity contribution is 5.84. The van der Waals surface area contributed by atoms with Gasteiger partial charge in [0.2, 0.25) is 5.91 Å². The van der Waals surface area contributed by atoms with Crippen LogP contribution in [0.15, 0.2) is 6.20 Å². The zero-order valence-electron chi connectivity index (χ0n) is 11.9. The lowest BCUT2D eigenvalue weighted by Gasteiger charge is -2.21. The van der Waals surface area contributed by atoms with Crippen molar-refractivity contribution in [1.82, 2.24) is 20.3 Å². The number of aromatic carboxylic acids is 1. The summed E-state index contributed by atoms with van der Waals surface area (Å²) in [4.78, 5) is 22.6. The van der Waals surface area contributed by atoms with Crippen LogP contribution in [0.2, 0.25) is 0 Å². The monoisotopic (exact) mass is 292 g/mol. The number of carboxylic acids is 1. The van der Waals surface area contributed by atoms with Crippen LogP contribution < -0.4 is 5.32 Å². The molecule has 1 heterocycles. The summed E-state index contributed by atoms with van der Waals surface area (Å²) in [6.45, 7) is 0.0220. The molecular weight excluding hydrogens is 272 g/mol. The second kappa shape index (κ2) is 5.83. The van der Waals surface area contributed by atoms with E-state index in [1.165, 1.54) is 43.0 Å².